The van der Waals surface area contributed by atoms with E-state index in [2.05, 4.69) is 15.8 Å². The predicted octanol–water partition coefficient (Wildman–Crippen LogP) is 4.24. The zero-order chi connectivity index (χ0) is 23.4. The van der Waals surface area contributed by atoms with Gasteiger partial charge in [-0.2, -0.15) is 13.2 Å². The van der Waals surface area contributed by atoms with E-state index in [0.29, 0.717) is 17.7 Å². The number of hydrogen-bond donors (Lipinski definition) is 3. The molecule has 1 unspecified atom stereocenters. The summed E-state index contributed by atoms with van der Waals surface area (Å²) in [5, 5.41) is 19.4. The van der Waals surface area contributed by atoms with Crippen molar-refractivity contribution in [3.8, 4) is 11.3 Å². The van der Waals surface area contributed by atoms with Crippen molar-refractivity contribution in [2.45, 2.75) is 53.4 Å². The number of aromatic nitrogens is 1. The van der Waals surface area contributed by atoms with Crippen molar-refractivity contribution >= 4 is 5.91 Å². The number of hydrogen-bond acceptors (Lipinski definition) is 5. The fourth-order valence-electron chi connectivity index (χ4n) is 2.71. The number of amides is 1. The van der Waals surface area contributed by atoms with Crippen LogP contribution in [0.15, 0.2) is 28.8 Å². The van der Waals surface area contributed by atoms with Crippen molar-refractivity contribution in [2.75, 3.05) is 13.2 Å². The van der Waals surface area contributed by atoms with Gasteiger partial charge in [-0.1, -0.05) is 45.0 Å². The van der Waals surface area contributed by atoms with Gasteiger partial charge in [0.15, 0.2) is 11.5 Å². The van der Waals surface area contributed by atoms with E-state index in [4.69, 9.17) is 4.52 Å². The summed E-state index contributed by atoms with van der Waals surface area (Å²) in [6.07, 6.45) is -4.45. The Morgan fingerprint density at radius 2 is 1.77 bits per heavy atom. The van der Waals surface area contributed by atoms with Crippen LogP contribution in [0, 0.1) is 11.3 Å². The molecule has 0 aliphatic heterocycles. The number of alkyl halides is 3. The van der Waals surface area contributed by atoms with Gasteiger partial charge in [0.05, 0.1) is 5.56 Å². The Morgan fingerprint density at radius 3 is 2.29 bits per heavy atom. The molecule has 0 aliphatic rings. The molecule has 1 heterocycles. The molecule has 0 spiro atoms. The average molecular weight is 441 g/mol. The topological polar surface area (TPSA) is 87.4 Å². The highest BCUT2D eigenvalue weighted by Crippen LogP contribution is 2.32. The summed E-state index contributed by atoms with van der Waals surface area (Å²) < 4.78 is 44.1. The molecule has 0 fully saturated rings. The molecule has 1 atom stereocenters. The summed E-state index contributed by atoms with van der Waals surface area (Å²) in [5.74, 6) is 0.0175. The van der Waals surface area contributed by atoms with E-state index in [1.165, 1.54) is 12.1 Å². The Labute approximate surface area is 180 Å². The molecule has 6 nitrogen and oxygen atoms in total. The lowest BCUT2D eigenvalue weighted by Crippen LogP contribution is -2.37. The molecule has 0 saturated carbocycles. The van der Waals surface area contributed by atoms with Crippen LogP contribution < -0.4 is 10.6 Å². The first-order chi connectivity index (χ1) is 14.4. The normalized spacial score (nSPS) is 13.5. The maximum absolute atomic E-state index is 12.9. The molecular formula is C22H30F3N3O3. The van der Waals surface area contributed by atoms with Gasteiger partial charge in [-0.3, -0.25) is 4.79 Å². The van der Waals surface area contributed by atoms with Gasteiger partial charge in [0, 0.05) is 42.3 Å². The van der Waals surface area contributed by atoms with E-state index in [9.17, 15) is 23.1 Å². The first kappa shape index (κ1) is 24.9. The number of nitrogens with zero attached hydrogens (tertiary/aromatic N) is 1. The summed E-state index contributed by atoms with van der Waals surface area (Å²) in [4.78, 5) is 12.8. The molecule has 1 aromatic heterocycles. The zero-order valence-electron chi connectivity index (χ0n) is 18.4. The summed E-state index contributed by atoms with van der Waals surface area (Å²) in [6.45, 7) is 10.2. The molecule has 3 N–H and O–H groups in total. The second-order valence-electron chi connectivity index (χ2n) is 8.85. The minimum Gasteiger partial charge on any atom is -0.396 e. The lowest BCUT2D eigenvalue weighted by Gasteiger charge is -2.22. The number of carbonyl (C=O) groups excluding carboxylic acids is 1. The van der Waals surface area contributed by atoms with Crippen molar-refractivity contribution in [3.63, 3.8) is 0 Å². The Kier molecular flexibility index (Phi) is 7.88. The van der Waals surface area contributed by atoms with Crippen LogP contribution in [0.25, 0.3) is 11.3 Å². The van der Waals surface area contributed by atoms with E-state index in [1.807, 2.05) is 34.6 Å². The lowest BCUT2D eigenvalue weighted by molar-refractivity contribution is -0.137. The number of aliphatic hydroxyl groups is 1. The number of rotatable bonds is 9. The molecule has 2 rings (SSSR count). The van der Waals surface area contributed by atoms with Crippen LogP contribution in [0.3, 0.4) is 0 Å². The van der Waals surface area contributed by atoms with Gasteiger partial charge in [0.2, 0.25) is 0 Å². The highest BCUT2D eigenvalue weighted by molar-refractivity contribution is 5.95. The first-order valence-corrected chi connectivity index (χ1v) is 10.1. The standard InChI is InChI=1S/C22H30F3N3O3/c1-13(2)14(3)27-20(30)18-17(10-26-11-21(4,5)12-29)19(31-28-18)15-6-8-16(9-7-15)22(23,24)25/h6-9,13-14,26,29H,10-12H2,1-5H3,(H,27,30). The van der Waals surface area contributed by atoms with Crippen molar-refractivity contribution < 1.29 is 27.6 Å². The summed E-state index contributed by atoms with van der Waals surface area (Å²) in [7, 11) is 0. The van der Waals surface area contributed by atoms with E-state index in [1.54, 1.807) is 0 Å². The Hall–Kier alpha value is -2.39. The van der Waals surface area contributed by atoms with Crippen LogP contribution in [0.4, 0.5) is 13.2 Å². The number of carbonyl (C=O) groups is 1. The van der Waals surface area contributed by atoms with Gasteiger partial charge >= 0.3 is 6.18 Å². The van der Waals surface area contributed by atoms with Crippen LogP contribution >= 0.6 is 0 Å². The minimum atomic E-state index is -4.45. The fourth-order valence-corrected chi connectivity index (χ4v) is 2.71. The molecule has 2 aromatic rings. The number of halogens is 3. The molecule has 1 amide bonds. The van der Waals surface area contributed by atoms with Crippen molar-refractivity contribution in [1.82, 2.24) is 15.8 Å². The van der Waals surface area contributed by atoms with Crippen LogP contribution in [0.5, 0.6) is 0 Å². The van der Waals surface area contributed by atoms with Gasteiger partial charge in [-0.25, -0.2) is 0 Å². The third kappa shape index (κ3) is 6.54. The number of aliphatic hydroxyl groups excluding tert-OH is 1. The van der Waals surface area contributed by atoms with Crippen molar-refractivity contribution in [1.29, 1.82) is 0 Å². The molecule has 0 radical (unpaired) electrons. The highest BCUT2D eigenvalue weighted by atomic mass is 19.4. The molecular weight excluding hydrogens is 411 g/mol. The monoisotopic (exact) mass is 441 g/mol. The van der Waals surface area contributed by atoms with E-state index >= 15 is 0 Å². The van der Waals surface area contributed by atoms with E-state index in [-0.39, 0.29) is 42.0 Å². The number of nitrogens with one attached hydrogen (secondary N) is 2. The molecule has 31 heavy (non-hydrogen) atoms. The second-order valence-corrected chi connectivity index (χ2v) is 8.85. The van der Waals surface area contributed by atoms with Crippen LogP contribution in [0.1, 0.15) is 56.2 Å². The lowest BCUT2D eigenvalue weighted by atomic mass is 9.95. The fraction of sp³-hybridized carbons (Fsp3) is 0.545. The SMILES string of the molecule is CC(C)C(C)NC(=O)c1noc(-c2ccc(C(F)(F)F)cc2)c1CNCC(C)(C)CO. The van der Waals surface area contributed by atoms with E-state index < -0.39 is 17.6 Å². The summed E-state index contributed by atoms with van der Waals surface area (Å²) in [6, 6.07) is 4.41. The van der Waals surface area contributed by atoms with Crippen molar-refractivity contribution in [3.05, 3.63) is 41.1 Å². The summed E-state index contributed by atoms with van der Waals surface area (Å²) >= 11 is 0. The third-order valence-electron chi connectivity index (χ3n) is 5.17. The first-order valence-electron chi connectivity index (χ1n) is 10.1. The summed E-state index contributed by atoms with van der Waals surface area (Å²) in [5.41, 5.74) is -0.252. The number of benzene rings is 1. The van der Waals surface area contributed by atoms with E-state index in [0.717, 1.165) is 12.1 Å². The van der Waals surface area contributed by atoms with Crippen LogP contribution in [0.2, 0.25) is 0 Å². The average Bonchev–Trinajstić information content (AvgIpc) is 3.11. The Bertz CT molecular complexity index is 874. The molecule has 172 valence electrons. The molecule has 0 saturated heterocycles. The maximum atomic E-state index is 12.9. The molecule has 9 heteroatoms. The smallest absolute Gasteiger partial charge is 0.396 e. The van der Waals surface area contributed by atoms with Crippen LogP contribution in [-0.4, -0.2) is 35.4 Å². The zero-order valence-corrected chi connectivity index (χ0v) is 18.4. The van der Waals surface area contributed by atoms with Crippen molar-refractivity contribution in [2.24, 2.45) is 11.3 Å². The van der Waals surface area contributed by atoms with Crippen LogP contribution in [-0.2, 0) is 12.7 Å². The van der Waals surface area contributed by atoms with Gasteiger partial charge in [-0.15, -0.1) is 0 Å². The van der Waals surface area contributed by atoms with Gasteiger partial charge in [0.1, 0.15) is 0 Å². The van der Waals surface area contributed by atoms with Gasteiger partial charge in [0.25, 0.3) is 5.91 Å². The Morgan fingerprint density at radius 1 is 1.16 bits per heavy atom. The quantitative estimate of drug-likeness (QED) is 0.542. The third-order valence-corrected chi connectivity index (χ3v) is 5.17. The molecule has 0 bridgehead atoms. The second kappa shape index (κ2) is 9.82. The predicted molar refractivity (Wildman–Crippen MR) is 111 cm³/mol. The minimum absolute atomic E-state index is 0.0331. The van der Waals surface area contributed by atoms with Gasteiger partial charge in [-0.05, 0) is 25.0 Å². The highest BCUT2D eigenvalue weighted by Gasteiger charge is 2.31. The Balaban J connectivity index is 2.36. The molecule has 0 aliphatic carbocycles. The largest absolute Gasteiger partial charge is 0.416 e. The molecule has 1 aromatic carbocycles. The van der Waals surface area contributed by atoms with Gasteiger partial charge < -0.3 is 20.3 Å². The maximum Gasteiger partial charge on any atom is 0.416 e.